The van der Waals surface area contributed by atoms with Gasteiger partial charge in [0.25, 0.3) is 0 Å². The van der Waals surface area contributed by atoms with Crippen LogP contribution in [0.3, 0.4) is 0 Å². The number of hydrogen-bond donors (Lipinski definition) is 0. The fourth-order valence-corrected chi connectivity index (χ4v) is 1.86. The number of benzene rings is 1. The van der Waals surface area contributed by atoms with Gasteiger partial charge < -0.3 is 4.42 Å². The minimum absolute atomic E-state index is 0.344. The van der Waals surface area contributed by atoms with Gasteiger partial charge in [0.2, 0.25) is 0 Å². The lowest BCUT2D eigenvalue weighted by Crippen LogP contribution is -2.03. The van der Waals surface area contributed by atoms with E-state index in [9.17, 15) is 4.79 Å². The lowest BCUT2D eigenvalue weighted by molar-refractivity contribution is 0.467. The molecule has 1 aromatic carbocycles. The Labute approximate surface area is 92.8 Å². The number of nitrogens with zero attached hydrogens (tertiary/aromatic N) is 1. The molecular weight excluding hydrogens is 269 g/mol. The summed E-state index contributed by atoms with van der Waals surface area (Å²) in [4.78, 5) is 15.6. The Morgan fingerprint density at radius 1 is 1.50 bits per heavy atom. The standard InChI is InChI=1S/C9H5BrClNO2/c1-4-12-6-3-2-5(11)8(10)7(6)9(13)14-4/h2-3H,1H3. The van der Waals surface area contributed by atoms with Crippen LogP contribution in [0.15, 0.2) is 25.8 Å². The van der Waals surface area contributed by atoms with Crippen LogP contribution in [0.2, 0.25) is 5.02 Å². The van der Waals surface area contributed by atoms with Crippen molar-refractivity contribution in [1.82, 2.24) is 4.98 Å². The van der Waals surface area contributed by atoms with E-state index >= 15 is 0 Å². The molecule has 0 unspecified atom stereocenters. The zero-order chi connectivity index (χ0) is 10.3. The summed E-state index contributed by atoms with van der Waals surface area (Å²) in [5.41, 5.74) is 0.150. The second-order valence-electron chi connectivity index (χ2n) is 2.78. The molecule has 3 nitrogen and oxygen atoms in total. The van der Waals surface area contributed by atoms with Crippen LogP contribution in [0.5, 0.6) is 0 Å². The van der Waals surface area contributed by atoms with Gasteiger partial charge in [-0.3, -0.25) is 0 Å². The molecule has 72 valence electrons. The maximum absolute atomic E-state index is 11.5. The summed E-state index contributed by atoms with van der Waals surface area (Å²) >= 11 is 9.07. The first-order chi connectivity index (χ1) is 6.59. The number of hydrogen-bond acceptors (Lipinski definition) is 3. The highest BCUT2D eigenvalue weighted by Gasteiger charge is 2.09. The van der Waals surface area contributed by atoms with Gasteiger partial charge in [-0.25, -0.2) is 9.78 Å². The molecule has 0 spiro atoms. The lowest BCUT2D eigenvalue weighted by Gasteiger charge is -2.00. The van der Waals surface area contributed by atoms with Gasteiger partial charge in [-0.2, -0.15) is 0 Å². The summed E-state index contributed by atoms with van der Waals surface area (Å²) < 4.78 is 5.40. The second kappa shape index (κ2) is 3.37. The van der Waals surface area contributed by atoms with E-state index in [4.69, 9.17) is 16.0 Å². The highest BCUT2D eigenvalue weighted by molar-refractivity contribution is 9.10. The molecule has 0 amide bonds. The van der Waals surface area contributed by atoms with E-state index in [-0.39, 0.29) is 0 Å². The van der Waals surface area contributed by atoms with Crippen molar-refractivity contribution < 1.29 is 4.42 Å². The highest BCUT2D eigenvalue weighted by atomic mass is 79.9. The Morgan fingerprint density at radius 2 is 2.21 bits per heavy atom. The molecule has 0 N–H and O–H groups in total. The monoisotopic (exact) mass is 273 g/mol. The Morgan fingerprint density at radius 3 is 2.93 bits per heavy atom. The summed E-state index contributed by atoms with van der Waals surface area (Å²) in [6, 6.07) is 3.37. The quantitative estimate of drug-likeness (QED) is 0.742. The molecule has 0 aliphatic rings. The zero-order valence-corrected chi connectivity index (χ0v) is 9.52. The minimum Gasteiger partial charge on any atom is -0.408 e. The summed E-state index contributed by atoms with van der Waals surface area (Å²) in [6.07, 6.45) is 0. The third kappa shape index (κ3) is 1.44. The fraction of sp³-hybridized carbons (Fsp3) is 0.111. The first-order valence-electron chi connectivity index (χ1n) is 3.85. The van der Waals surface area contributed by atoms with Crippen LogP contribution < -0.4 is 5.63 Å². The fourth-order valence-electron chi connectivity index (χ4n) is 1.21. The third-order valence-corrected chi connectivity index (χ3v) is 3.16. The van der Waals surface area contributed by atoms with E-state index in [0.717, 1.165) is 0 Å². The summed E-state index contributed by atoms with van der Waals surface area (Å²) in [6.45, 7) is 1.63. The summed E-state index contributed by atoms with van der Waals surface area (Å²) in [5, 5.41) is 0.846. The van der Waals surface area contributed by atoms with Crippen molar-refractivity contribution in [1.29, 1.82) is 0 Å². The van der Waals surface area contributed by atoms with Gasteiger partial charge in [0, 0.05) is 6.92 Å². The van der Waals surface area contributed by atoms with Gasteiger partial charge in [0.1, 0.15) is 5.39 Å². The minimum atomic E-state index is -0.429. The van der Waals surface area contributed by atoms with Crippen LogP contribution in [0.25, 0.3) is 10.9 Å². The van der Waals surface area contributed by atoms with Crippen molar-refractivity contribution in [2.24, 2.45) is 0 Å². The lowest BCUT2D eigenvalue weighted by atomic mass is 10.2. The molecule has 2 rings (SSSR count). The number of halogens is 2. The Bertz CT molecular complexity index is 564. The smallest absolute Gasteiger partial charge is 0.348 e. The second-order valence-corrected chi connectivity index (χ2v) is 3.98. The average Bonchev–Trinajstić information content (AvgIpc) is 2.10. The van der Waals surface area contributed by atoms with Gasteiger partial charge in [0.15, 0.2) is 5.89 Å². The Hall–Kier alpha value is -0.870. The van der Waals surface area contributed by atoms with Crippen molar-refractivity contribution in [3.8, 4) is 0 Å². The van der Waals surface area contributed by atoms with Crippen molar-refractivity contribution in [3.05, 3.63) is 37.9 Å². The third-order valence-electron chi connectivity index (χ3n) is 1.80. The molecule has 0 saturated carbocycles. The molecule has 2 aromatic rings. The molecule has 0 aliphatic heterocycles. The van der Waals surface area contributed by atoms with Crippen molar-refractivity contribution >= 4 is 38.4 Å². The van der Waals surface area contributed by atoms with E-state index in [1.54, 1.807) is 19.1 Å². The predicted octanol–water partition coefficient (Wildman–Crippen LogP) is 2.91. The van der Waals surface area contributed by atoms with E-state index in [2.05, 4.69) is 20.9 Å². The summed E-state index contributed by atoms with van der Waals surface area (Å²) in [5.74, 6) is 0.344. The maximum Gasteiger partial charge on any atom is 0.348 e. The number of aryl methyl sites for hydroxylation is 1. The van der Waals surface area contributed by atoms with Crippen LogP contribution in [-0.2, 0) is 0 Å². The SMILES string of the molecule is Cc1nc2ccc(Cl)c(Br)c2c(=O)o1. The molecule has 1 heterocycles. The van der Waals surface area contributed by atoms with Crippen LogP contribution in [-0.4, -0.2) is 4.98 Å². The first-order valence-corrected chi connectivity index (χ1v) is 5.02. The van der Waals surface area contributed by atoms with Gasteiger partial charge in [-0.15, -0.1) is 0 Å². The number of aromatic nitrogens is 1. The molecule has 0 aliphatic carbocycles. The Balaban J connectivity index is 3.03. The Kier molecular flexibility index (Phi) is 2.33. The topological polar surface area (TPSA) is 43.1 Å². The highest BCUT2D eigenvalue weighted by Crippen LogP contribution is 2.28. The zero-order valence-electron chi connectivity index (χ0n) is 7.17. The molecule has 0 saturated heterocycles. The largest absolute Gasteiger partial charge is 0.408 e. The van der Waals surface area contributed by atoms with E-state index < -0.39 is 5.63 Å². The molecule has 0 radical (unpaired) electrons. The molecule has 0 bridgehead atoms. The van der Waals surface area contributed by atoms with Crippen molar-refractivity contribution in [3.63, 3.8) is 0 Å². The molecule has 14 heavy (non-hydrogen) atoms. The number of fused-ring (bicyclic) bond motifs is 1. The van der Waals surface area contributed by atoms with Gasteiger partial charge >= 0.3 is 5.63 Å². The normalized spacial score (nSPS) is 10.8. The molecule has 0 atom stereocenters. The van der Waals surface area contributed by atoms with Crippen LogP contribution >= 0.6 is 27.5 Å². The van der Waals surface area contributed by atoms with Crippen LogP contribution in [0.4, 0.5) is 0 Å². The van der Waals surface area contributed by atoms with Crippen molar-refractivity contribution in [2.75, 3.05) is 0 Å². The van der Waals surface area contributed by atoms with E-state index in [0.29, 0.717) is 26.3 Å². The van der Waals surface area contributed by atoms with Gasteiger partial charge in [0.05, 0.1) is 15.0 Å². The van der Waals surface area contributed by atoms with Gasteiger partial charge in [-0.05, 0) is 28.1 Å². The van der Waals surface area contributed by atoms with Gasteiger partial charge in [-0.1, -0.05) is 11.6 Å². The predicted molar refractivity (Wildman–Crippen MR) is 57.7 cm³/mol. The van der Waals surface area contributed by atoms with E-state index in [1.807, 2.05) is 0 Å². The van der Waals surface area contributed by atoms with Crippen molar-refractivity contribution in [2.45, 2.75) is 6.92 Å². The van der Waals surface area contributed by atoms with Crippen LogP contribution in [0, 0.1) is 6.92 Å². The van der Waals surface area contributed by atoms with Crippen LogP contribution in [0.1, 0.15) is 5.89 Å². The molecular formula is C9H5BrClNO2. The average molecular weight is 275 g/mol. The molecule has 1 aromatic heterocycles. The summed E-state index contributed by atoms with van der Waals surface area (Å²) in [7, 11) is 0. The molecule has 0 fully saturated rings. The first kappa shape index (κ1) is 9.68. The molecule has 5 heteroatoms. The number of rotatable bonds is 0. The van der Waals surface area contributed by atoms with E-state index in [1.165, 1.54) is 0 Å². The maximum atomic E-state index is 11.5.